The van der Waals surface area contributed by atoms with Gasteiger partial charge in [-0.2, -0.15) is 13.2 Å². The van der Waals surface area contributed by atoms with Crippen molar-refractivity contribution in [2.24, 2.45) is 0 Å². The minimum absolute atomic E-state index is 0.0410. The number of anilines is 1. The van der Waals surface area contributed by atoms with E-state index >= 15 is 0 Å². The van der Waals surface area contributed by atoms with E-state index in [1.807, 2.05) is 4.90 Å². The molecule has 2 fully saturated rings. The fourth-order valence-corrected chi connectivity index (χ4v) is 3.00. The van der Waals surface area contributed by atoms with Crippen LogP contribution in [0, 0.1) is 0 Å². The fraction of sp³-hybridized carbons (Fsp3) is 0.571. The van der Waals surface area contributed by atoms with Gasteiger partial charge in [-0.25, -0.2) is 9.88 Å². The highest BCUT2D eigenvalue weighted by molar-refractivity contribution is 5.92. The van der Waals surface area contributed by atoms with E-state index in [1.165, 1.54) is 7.05 Å². The smallest absolute Gasteiger partial charge is 0.367 e. The van der Waals surface area contributed by atoms with Gasteiger partial charge in [-0.3, -0.25) is 4.79 Å². The Kier molecular flexibility index (Phi) is 3.51. The van der Waals surface area contributed by atoms with Crippen molar-refractivity contribution >= 4 is 11.6 Å². The Balaban J connectivity index is 1.74. The molecule has 3 rings (SSSR count). The minimum atomic E-state index is -4.27. The van der Waals surface area contributed by atoms with Gasteiger partial charge in [0.1, 0.15) is 5.69 Å². The van der Waals surface area contributed by atoms with Crippen LogP contribution in [0.25, 0.3) is 0 Å². The van der Waals surface area contributed by atoms with E-state index in [2.05, 4.69) is 10.3 Å². The summed E-state index contributed by atoms with van der Waals surface area (Å²) >= 11 is 0. The second-order valence-corrected chi connectivity index (χ2v) is 5.75. The Morgan fingerprint density at radius 3 is 2.55 bits per heavy atom. The predicted molar refractivity (Wildman–Crippen MR) is 74.6 cm³/mol. The maximum absolute atomic E-state index is 13.0. The summed E-state index contributed by atoms with van der Waals surface area (Å²) in [5, 5.41) is 2.48. The van der Waals surface area contributed by atoms with Crippen molar-refractivity contribution in [1.82, 2.24) is 15.2 Å². The fourth-order valence-electron chi connectivity index (χ4n) is 3.00. The molecule has 0 unspecified atom stereocenters. The summed E-state index contributed by atoms with van der Waals surface area (Å²) in [6.45, 7) is 0.594. The molecule has 22 heavy (non-hydrogen) atoms. The van der Waals surface area contributed by atoms with Gasteiger partial charge in [0.05, 0.1) is 11.9 Å². The van der Waals surface area contributed by atoms with Crippen molar-refractivity contribution in [3.05, 3.63) is 24.0 Å². The summed E-state index contributed by atoms with van der Waals surface area (Å²) < 4.78 is 39.1. The molecule has 1 spiro atoms. The van der Waals surface area contributed by atoms with E-state index in [9.17, 15) is 18.0 Å². The highest BCUT2D eigenvalue weighted by Crippen LogP contribution is 2.49. The van der Waals surface area contributed by atoms with Crippen LogP contribution < -0.4 is 10.2 Å². The van der Waals surface area contributed by atoms with Gasteiger partial charge in [-0.1, -0.05) is 0 Å². The van der Waals surface area contributed by atoms with E-state index in [1.54, 1.807) is 18.3 Å². The number of aromatic nitrogens is 1. The van der Waals surface area contributed by atoms with Gasteiger partial charge in [-0.05, 0) is 25.0 Å². The maximum Gasteiger partial charge on any atom is 0.460 e. The Labute approximate surface area is 126 Å². The number of amides is 1. The molecule has 8 heteroatoms. The number of nitrogens with one attached hydrogen (secondary N) is 1. The normalized spacial score (nSPS) is 21.0. The lowest BCUT2D eigenvalue weighted by Gasteiger charge is -2.43. The Morgan fingerprint density at radius 1 is 1.32 bits per heavy atom. The van der Waals surface area contributed by atoms with Crippen LogP contribution in [0.2, 0.25) is 0 Å². The quantitative estimate of drug-likeness (QED) is 0.843. The van der Waals surface area contributed by atoms with Gasteiger partial charge in [0.15, 0.2) is 0 Å². The largest absolute Gasteiger partial charge is 0.460 e. The van der Waals surface area contributed by atoms with Gasteiger partial charge >= 0.3 is 6.30 Å². The first kappa shape index (κ1) is 15.1. The summed E-state index contributed by atoms with van der Waals surface area (Å²) in [7, 11) is 1.52. The monoisotopic (exact) mass is 314 g/mol. The summed E-state index contributed by atoms with van der Waals surface area (Å²) in [5.41, 5.74) is 0.262. The van der Waals surface area contributed by atoms with Crippen molar-refractivity contribution in [2.75, 3.05) is 31.6 Å². The van der Waals surface area contributed by atoms with Crippen LogP contribution in [0.5, 0.6) is 0 Å². The van der Waals surface area contributed by atoms with Crippen molar-refractivity contribution in [3.8, 4) is 0 Å². The van der Waals surface area contributed by atoms with Crippen LogP contribution in [0.15, 0.2) is 18.3 Å². The molecule has 1 aromatic heterocycles. The maximum atomic E-state index is 13.0. The Bertz CT molecular complexity index is 568. The molecule has 2 aliphatic rings. The van der Waals surface area contributed by atoms with Gasteiger partial charge < -0.3 is 10.2 Å². The molecule has 0 radical (unpaired) electrons. The zero-order chi connectivity index (χ0) is 16.0. The number of hydrogen-bond acceptors (Lipinski definition) is 4. The van der Waals surface area contributed by atoms with Crippen LogP contribution in [0.3, 0.4) is 0 Å². The van der Waals surface area contributed by atoms with E-state index < -0.39 is 11.8 Å². The average Bonchev–Trinajstić information content (AvgIpc) is 3.24. The molecule has 1 saturated heterocycles. The molecule has 1 aromatic rings. The first-order valence-corrected chi connectivity index (χ1v) is 7.13. The zero-order valence-electron chi connectivity index (χ0n) is 12.2. The SMILES string of the molecule is CNC(=O)c1ccc(N2CCN(C(F)(F)F)C3(CC3)C2)cn1. The third kappa shape index (κ3) is 2.63. The second-order valence-electron chi connectivity index (χ2n) is 5.75. The number of nitrogens with zero attached hydrogens (tertiary/aromatic N) is 3. The van der Waals surface area contributed by atoms with E-state index in [4.69, 9.17) is 0 Å². The average molecular weight is 314 g/mol. The van der Waals surface area contributed by atoms with Gasteiger partial charge in [0.2, 0.25) is 0 Å². The number of pyridine rings is 1. The molecular weight excluding hydrogens is 297 g/mol. The summed E-state index contributed by atoms with van der Waals surface area (Å²) in [4.78, 5) is 18.1. The van der Waals surface area contributed by atoms with Gasteiger partial charge in [-0.15, -0.1) is 0 Å². The first-order valence-electron chi connectivity index (χ1n) is 7.13. The topological polar surface area (TPSA) is 48.5 Å². The van der Waals surface area contributed by atoms with Crippen molar-refractivity contribution in [2.45, 2.75) is 24.7 Å². The standard InChI is InChI=1S/C14H17F3N4O/c1-18-12(22)11-3-2-10(8-19-11)20-6-7-21(14(15,16)17)13(9-20)4-5-13/h2-3,8H,4-7,9H2,1H3,(H,18,22). The molecule has 0 aromatic carbocycles. The van der Waals surface area contributed by atoms with Crippen molar-refractivity contribution in [1.29, 1.82) is 0 Å². The summed E-state index contributed by atoms with van der Waals surface area (Å²) in [5.74, 6) is -0.285. The van der Waals surface area contributed by atoms with Gasteiger partial charge in [0.25, 0.3) is 5.91 Å². The van der Waals surface area contributed by atoms with Crippen LogP contribution >= 0.6 is 0 Å². The van der Waals surface area contributed by atoms with Crippen LogP contribution in [-0.4, -0.2) is 54.3 Å². The van der Waals surface area contributed by atoms with Crippen molar-refractivity contribution < 1.29 is 18.0 Å². The molecule has 0 bridgehead atoms. The molecule has 2 heterocycles. The van der Waals surface area contributed by atoms with Gasteiger partial charge in [0, 0.05) is 32.2 Å². The number of piperazine rings is 1. The minimum Gasteiger partial charge on any atom is -0.367 e. The number of alkyl halides is 3. The molecule has 1 aliphatic carbocycles. The molecule has 1 N–H and O–H groups in total. The molecule has 1 amide bonds. The van der Waals surface area contributed by atoms with Crippen LogP contribution in [-0.2, 0) is 0 Å². The number of halogens is 3. The van der Waals surface area contributed by atoms with Crippen LogP contribution in [0.4, 0.5) is 18.9 Å². The van der Waals surface area contributed by atoms with E-state index in [-0.39, 0.29) is 12.5 Å². The lowest BCUT2D eigenvalue weighted by Crippen LogP contribution is -2.59. The van der Waals surface area contributed by atoms with E-state index in [0.717, 1.165) is 5.69 Å². The summed E-state index contributed by atoms with van der Waals surface area (Å²) in [6, 6.07) is 3.32. The molecule has 1 saturated carbocycles. The van der Waals surface area contributed by atoms with Crippen LogP contribution in [0.1, 0.15) is 23.3 Å². The predicted octanol–water partition coefficient (Wildman–Crippen LogP) is 1.62. The molecule has 5 nitrogen and oxygen atoms in total. The van der Waals surface area contributed by atoms with Crippen molar-refractivity contribution in [3.63, 3.8) is 0 Å². The highest BCUT2D eigenvalue weighted by atomic mass is 19.4. The Morgan fingerprint density at radius 2 is 2.05 bits per heavy atom. The summed E-state index contributed by atoms with van der Waals surface area (Å²) in [6.07, 6.45) is -1.60. The number of carbonyl (C=O) groups excluding carboxylic acids is 1. The lowest BCUT2D eigenvalue weighted by atomic mass is 10.1. The molecule has 1 aliphatic heterocycles. The Hall–Kier alpha value is -1.83. The lowest BCUT2D eigenvalue weighted by molar-refractivity contribution is -0.264. The molecule has 120 valence electrons. The van der Waals surface area contributed by atoms with E-state index in [0.29, 0.717) is 36.5 Å². The number of hydrogen-bond donors (Lipinski definition) is 1. The zero-order valence-corrected chi connectivity index (χ0v) is 12.2. The highest BCUT2D eigenvalue weighted by Gasteiger charge is 2.59. The number of carbonyl (C=O) groups is 1. The third-order valence-electron chi connectivity index (χ3n) is 4.36. The first-order chi connectivity index (χ1) is 10.4. The second kappa shape index (κ2) is 5.12. The number of rotatable bonds is 2. The molecular formula is C14H17F3N4O. The molecule has 0 atom stereocenters. The third-order valence-corrected chi connectivity index (χ3v) is 4.36.